The van der Waals surface area contributed by atoms with E-state index >= 15 is 0 Å². The molecule has 1 aromatic carbocycles. The normalized spacial score (nSPS) is 10.9. The van der Waals surface area contributed by atoms with Crippen LogP contribution in [0.1, 0.15) is 53.7 Å². The van der Waals surface area contributed by atoms with Crippen molar-refractivity contribution in [3.8, 4) is 0 Å². The Morgan fingerprint density at radius 3 is 2.59 bits per heavy atom. The zero-order valence-corrected chi connectivity index (χ0v) is 14.2. The first-order valence-electron chi connectivity index (χ1n) is 7.69. The van der Waals surface area contributed by atoms with Gasteiger partial charge in [-0.05, 0) is 25.3 Å². The number of aromatic nitrogens is 2. The van der Waals surface area contributed by atoms with Crippen LogP contribution in [0.2, 0.25) is 0 Å². The summed E-state index contributed by atoms with van der Waals surface area (Å²) in [7, 11) is 0. The number of carbonyl (C=O) groups is 1. The van der Waals surface area contributed by atoms with Crippen molar-refractivity contribution in [2.75, 3.05) is 0 Å². The van der Waals surface area contributed by atoms with Crippen molar-refractivity contribution < 1.29 is 4.79 Å². The predicted octanol–water partition coefficient (Wildman–Crippen LogP) is 3.61. The van der Waals surface area contributed by atoms with Crippen molar-refractivity contribution in [1.82, 2.24) is 15.5 Å². The molecule has 1 aromatic heterocycles. The van der Waals surface area contributed by atoms with Gasteiger partial charge in [-0.3, -0.25) is 4.79 Å². The molecule has 1 amide bonds. The van der Waals surface area contributed by atoms with E-state index in [1.165, 1.54) is 11.1 Å². The lowest BCUT2D eigenvalue weighted by atomic mass is 10.1. The fraction of sp³-hybridized carbons (Fsp3) is 0.471. The van der Waals surface area contributed by atoms with E-state index in [2.05, 4.69) is 60.6 Å². The van der Waals surface area contributed by atoms with Gasteiger partial charge in [-0.25, -0.2) is 0 Å². The van der Waals surface area contributed by atoms with Gasteiger partial charge >= 0.3 is 0 Å². The zero-order chi connectivity index (χ0) is 15.9. The van der Waals surface area contributed by atoms with Gasteiger partial charge in [0, 0.05) is 12.3 Å². The number of rotatable bonds is 7. The maximum Gasteiger partial charge on any atom is 0.220 e. The molecule has 0 spiro atoms. The Morgan fingerprint density at radius 1 is 1.23 bits per heavy atom. The lowest BCUT2D eigenvalue weighted by Gasteiger charge is -2.04. The van der Waals surface area contributed by atoms with E-state index in [4.69, 9.17) is 0 Å². The van der Waals surface area contributed by atoms with E-state index < -0.39 is 0 Å². The second-order valence-electron chi connectivity index (χ2n) is 5.80. The molecule has 1 N–H and O–H groups in total. The molecule has 0 bridgehead atoms. The molecule has 0 saturated carbocycles. The molecule has 0 aliphatic rings. The Hall–Kier alpha value is -1.75. The van der Waals surface area contributed by atoms with E-state index in [1.807, 2.05) is 0 Å². The summed E-state index contributed by atoms with van der Waals surface area (Å²) in [6.07, 6.45) is 2.34. The van der Waals surface area contributed by atoms with Crippen molar-refractivity contribution in [1.29, 1.82) is 0 Å². The molecule has 4 nitrogen and oxygen atoms in total. The van der Waals surface area contributed by atoms with Crippen LogP contribution in [0, 0.1) is 6.92 Å². The predicted molar refractivity (Wildman–Crippen MR) is 90.0 cm³/mol. The molecule has 1 heterocycles. The van der Waals surface area contributed by atoms with E-state index in [1.54, 1.807) is 11.3 Å². The molecule has 22 heavy (non-hydrogen) atoms. The largest absolute Gasteiger partial charge is 0.350 e. The van der Waals surface area contributed by atoms with Gasteiger partial charge in [-0.1, -0.05) is 55.0 Å². The number of nitrogens with zero attached hydrogens (tertiary/aromatic N) is 2. The topological polar surface area (TPSA) is 54.9 Å². The summed E-state index contributed by atoms with van der Waals surface area (Å²) in [6, 6.07) is 8.47. The monoisotopic (exact) mass is 317 g/mol. The molecule has 0 fully saturated rings. The highest BCUT2D eigenvalue weighted by atomic mass is 32.1. The number of hydrogen-bond acceptors (Lipinski definition) is 4. The van der Waals surface area contributed by atoms with Crippen LogP contribution in [0.5, 0.6) is 0 Å². The van der Waals surface area contributed by atoms with E-state index in [9.17, 15) is 4.79 Å². The van der Waals surface area contributed by atoms with Crippen LogP contribution in [-0.4, -0.2) is 16.1 Å². The summed E-state index contributed by atoms with van der Waals surface area (Å²) < 4.78 is 0. The quantitative estimate of drug-likeness (QED) is 0.848. The molecule has 0 radical (unpaired) electrons. The number of benzene rings is 1. The molecule has 2 rings (SSSR count). The number of carbonyl (C=O) groups excluding carboxylic acids is 1. The fourth-order valence-corrected chi connectivity index (χ4v) is 2.83. The molecule has 118 valence electrons. The maximum absolute atomic E-state index is 11.8. The lowest BCUT2D eigenvalue weighted by molar-refractivity contribution is -0.121. The molecule has 0 atom stereocenters. The third kappa shape index (κ3) is 5.22. The Labute approximate surface area is 136 Å². The van der Waals surface area contributed by atoms with E-state index in [0.29, 0.717) is 18.9 Å². The Balaban J connectivity index is 1.68. The molecular formula is C17H23N3OS. The first-order chi connectivity index (χ1) is 10.5. The minimum atomic E-state index is 0.0772. The average molecular weight is 317 g/mol. The van der Waals surface area contributed by atoms with Gasteiger partial charge in [0.05, 0.1) is 6.54 Å². The smallest absolute Gasteiger partial charge is 0.220 e. The highest BCUT2D eigenvalue weighted by Gasteiger charge is 2.08. The van der Waals surface area contributed by atoms with Gasteiger partial charge in [0.1, 0.15) is 10.0 Å². The second kappa shape index (κ2) is 8.03. The maximum atomic E-state index is 11.8. The third-order valence-corrected chi connectivity index (χ3v) is 4.63. The SMILES string of the molecule is Cc1ccc(CCCC(=O)NCc2nnc(C(C)C)s2)cc1. The molecule has 0 aliphatic carbocycles. The second-order valence-corrected chi connectivity index (χ2v) is 6.90. The minimum absolute atomic E-state index is 0.0772. The third-order valence-electron chi connectivity index (χ3n) is 3.40. The first kappa shape index (κ1) is 16.6. The average Bonchev–Trinajstić information content (AvgIpc) is 2.96. The molecule has 0 unspecified atom stereocenters. The summed E-state index contributed by atoms with van der Waals surface area (Å²) in [4.78, 5) is 11.8. The van der Waals surface area contributed by atoms with Crippen LogP contribution < -0.4 is 5.32 Å². The summed E-state index contributed by atoms with van der Waals surface area (Å²) in [5, 5.41) is 13.0. The van der Waals surface area contributed by atoms with Gasteiger partial charge in [-0.15, -0.1) is 10.2 Å². The van der Waals surface area contributed by atoms with Crippen LogP contribution in [0.3, 0.4) is 0 Å². The fourth-order valence-electron chi connectivity index (χ4n) is 2.04. The van der Waals surface area contributed by atoms with Crippen molar-refractivity contribution >= 4 is 17.2 Å². The Morgan fingerprint density at radius 2 is 1.95 bits per heavy atom. The van der Waals surface area contributed by atoms with Crippen molar-refractivity contribution in [2.45, 2.75) is 52.5 Å². The molecule has 0 saturated heterocycles. The highest BCUT2D eigenvalue weighted by molar-refractivity contribution is 7.11. The highest BCUT2D eigenvalue weighted by Crippen LogP contribution is 2.18. The zero-order valence-electron chi connectivity index (χ0n) is 13.4. The standard InChI is InChI=1S/C17H23N3OS/c1-12(2)17-20-19-16(22-17)11-18-15(21)6-4-5-14-9-7-13(3)8-10-14/h7-10,12H,4-6,11H2,1-3H3,(H,18,21). The molecule has 5 heteroatoms. The van der Waals surface area contributed by atoms with Crippen LogP contribution in [0.4, 0.5) is 0 Å². The molecular weight excluding hydrogens is 294 g/mol. The van der Waals surface area contributed by atoms with Crippen LogP contribution in [-0.2, 0) is 17.8 Å². The number of hydrogen-bond donors (Lipinski definition) is 1. The summed E-state index contributed by atoms with van der Waals surface area (Å²) >= 11 is 1.57. The van der Waals surface area contributed by atoms with Crippen LogP contribution in [0.15, 0.2) is 24.3 Å². The van der Waals surface area contributed by atoms with Crippen molar-refractivity contribution in [3.63, 3.8) is 0 Å². The van der Waals surface area contributed by atoms with E-state index in [-0.39, 0.29) is 5.91 Å². The molecule has 0 aliphatic heterocycles. The molecule has 2 aromatic rings. The summed E-state index contributed by atoms with van der Waals surface area (Å²) in [6.45, 7) is 6.74. The van der Waals surface area contributed by atoms with Gasteiger partial charge in [0.2, 0.25) is 5.91 Å². The minimum Gasteiger partial charge on any atom is -0.350 e. The van der Waals surface area contributed by atoms with Gasteiger partial charge in [0.25, 0.3) is 0 Å². The van der Waals surface area contributed by atoms with Crippen molar-refractivity contribution in [3.05, 3.63) is 45.4 Å². The van der Waals surface area contributed by atoms with Gasteiger partial charge in [0.15, 0.2) is 0 Å². The van der Waals surface area contributed by atoms with Crippen LogP contribution >= 0.6 is 11.3 Å². The van der Waals surface area contributed by atoms with Gasteiger partial charge in [-0.2, -0.15) is 0 Å². The first-order valence-corrected chi connectivity index (χ1v) is 8.51. The number of aryl methyl sites for hydroxylation is 2. The lowest BCUT2D eigenvalue weighted by Crippen LogP contribution is -2.22. The number of amides is 1. The van der Waals surface area contributed by atoms with Crippen molar-refractivity contribution in [2.24, 2.45) is 0 Å². The van der Waals surface area contributed by atoms with Gasteiger partial charge < -0.3 is 5.32 Å². The van der Waals surface area contributed by atoms with E-state index in [0.717, 1.165) is 22.9 Å². The Kier molecular flexibility index (Phi) is 6.07. The van der Waals surface area contributed by atoms with Crippen LogP contribution in [0.25, 0.3) is 0 Å². The Bertz CT molecular complexity index is 605. The summed E-state index contributed by atoms with van der Waals surface area (Å²) in [5.41, 5.74) is 2.54. The number of nitrogens with one attached hydrogen (secondary N) is 1. The summed E-state index contributed by atoms with van der Waals surface area (Å²) in [5.74, 6) is 0.463.